The summed E-state index contributed by atoms with van der Waals surface area (Å²) >= 11 is 1.21. The summed E-state index contributed by atoms with van der Waals surface area (Å²) in [4.78, 5) is 27.1. The molecule has 1 atom stereocenters. The van der Waals surface area contributed by atoms with Crippen LogP contribution in [0.1, 0.15) is 40.4 Å². The predicted octanol–water partition coefficient (Wildman–Crippen LogP) is 2.42. The summed E-state index contributed by atoms with van der Waals surface area (Å²) in [5.41, 5.74) is 0.809. The maximum atomic E-state index is 12.3. The summed E-state index contributed by atoms with van der Waals surface area (Å²) < 4.78 is 11.2. The van der Waals surface area contributed by atoms with Crippen molar-refractivity contribution in [2.24, 2.45) is 0 Å². The van der Waals surface area contributed by atoms with Crippen molar-refractivity contribution in [2.75, 3.05) is 13.2 Å². The van der Waals surface area contributed by atoms with Gasteiger partial charge >= 0.3 is 5.97 Å². The second-order valence-electron chi connectivity index (χ2n) is 5.67. The molecule has 0 saturated carbocycles. The van der Waals surface area contributed by atoms with Crippen LogP contribution in [0.25, 0.3) is 0 Å². The van der Waals surface area contributed by atoms with E-state index in [1.165, 1.54) is 16.7 Å². The van der Waals surface area contributed by atoms with Crippen molar-refractivity contribution in [3.8, 4) is 11.5 Å². The molecule has 8 heteroatoms. The van der Waals surface area contributed by atoms with Crippen molar-refractivity contribution >= 4 is 23.2 Å². The minimum atomic E-state index is -1.08. The Bertz CT molecular complexity index is 789. The van der Waals surface area contributed by atoms with Crippen molar-refractivity contribution in [2.45, 2.75) is 25.8 Å². The van der Waals surface area contributed by atoms with Crippen LogP contribution in [0, 0.1) is 0 Å². The van der Waals surface area contributed by atoms with Gasteiger partial charge in [0.1, 0.15) is 5.01 Å². The second-order valence-corrected chi connectivity index (χ2v) is 6.56. The zero-order valence-electron chi connectivity index (χ0n) is 13.7. The zero-order chi connectivity index (χ0) is 17.8. The van der Waals surface area contributed by atoms with E-state index in [0.29, 0.717) is 29.7 Å². The Morgan fingerprint density at radius 3 is 2.80 bits per heavy atom. The summed E-state index contributed by atoms with van der Waals surface area (Å²) in [6, 6.07) is 5.11. The molecule has 1 aromatic heterocycles. The molecular formula is C17H18N2O5S. The topological polar surface area (TPSA) is 97.8 Å². The van der Waals surface area contributed by atoms with Crippen LogP contribution in [0.2, 0.25) is 0 Å². The van der Waals surface area contributed by atoms with Crippen LogP contribution in [0.15, 0.2) is 23.6 Å². The third-order valence-electron chi connectivity index (χ3n) is 3.67. The van der Waals surface area contributed by atoms with Crippen LogP contribution < -0.4 is 14.8 Å². The fourth-order valence-corrected chi connectivity index (χ4v) is 3.24. The molecule has 0 saturated heterocycles. The van der Waals surface area contributed by atoms with Crippen molar-refractivity contribution in [1.29, 1.82) is 0 Å². The van der Waals surface area contributed by atoms with Gasteiger partial charge in [0.15, 0.2) is 17.2 Å². The number of hydrogen-bond donors (Lipinski definition) is 2. The zero-order valence-corrected chi connectivity index (χ0v) is 14.5. The maximum absolute atomic E-state index is 12.3. The lowest BCUT2D eigenvalue weighted by Gasteiger charge is -2.12. The Balaban J connectivity index is 1.62. The van der Waals surface area contributed by atoms with Crippen molar-refractivity contribution in [3.63, 3.8) is 0 Å². The number of carboxylic acid groups (broad SMARTS) is 1. The van der Waals surface area contributed by atoms with Crippen LogP contribution in [0.4, 0.5) is 0 Å². The van der Waals surface area contributed by atoms with E-state index >= 15 is 0 Å². The lowest BCUT2D eigenvalue weighted by molar-refractivity contribution is -0.121. The number of aromatic carboxylic acids is 1. The Morgan fingerprint density at radius 1 is 1.32 bits per heavy atom. The highest BCUT2D eigenvalue weighted by atomic mass is 32.1. The number of carbonyl (C=O) groups excluding carboxylic acids is 1. The number of carbonyl (C=O) groups is 2. The van der Waals surface area contributed by atoms with Gasteiger partial charge in [-0.25, -0.2) is 9.78 Å². The van der Waals surface area contributed by atoms with Crippen LogP contribution in [-0.4, -0.2) is 35.2 Å². The average Bonchev–Trinajstić information content (AvgIpc) is 2.96. The minimum Gasteiger partial charge on any atom is -0.490 e. The van der Waals surface area contributed by atoms with Gasteiger partial charge in [-0.05, 0) is 24.6 Å². The highest BCUT2D eigenvalue weighted by molar-refractivity contribution is 7.09. The average molecular weight is 362 g/mol. The summed E-state index contributed by atoms with van der Waals surface area (Å²) in [6.07, 6.45) is 1.02. The van der Waals surface area contributed by atoms with E-state index in [0.717, 1.165) is 12.0 Å². The molecule has 1 aliphatic heterocycles. The van der Waals surface area contributed by atoms with Gasteiger partial charge in [-0.15, -0.1) is 11.3 Å². The Labute approximate surface area is 148 Å². The third-order valence-corrected chi connectivity index (χ3v) is 4.69. The van der Waals surface area contributed by atoms with Gasteiger partial charge in [0.05, 0.1) is 25.7 Å². The van der Waals surface area contributed by atoms with Crippen LogP contribution in [-0.2, 0) is 11.2 Å². The van der Waals surface area contributed by atoms with Crippen molar-refractivity contribution < 1.29 is 24.2 Å². The molecule has 0 spiro atoms. The number of hydrogen-bond acceptors (Lipinski definition) is 6. The van der Waals surface area contributed by atoms with Gasteiger partial charge in [0.25, 0.3) is 0 Å². The molecule has 1 unspecified atom stereocenters. The Kier molecular flexibility index (Phi) is 5.18. The molecule has 1 aliphatic rings. The molecule has 0 radical (unpaired) electrons. The van der Waals surface area contributed by atoms with E-state index in [4.69, 9.17) is 14.6 Å². The van der Waals surface area contributed by atoms with Gasteiger partial charge in [-0.3, -0.25) is 4.79 Å². The van der Waals surface area contributed by atoms with E-state index in [2.05, 4.69) is 10.3 Å². The van der Waals surface area contributed by atoms with Gasteiger partial charge < -0.3 is 19.9 Å². The molecule has 1 amide bonds. The molecule has 132 valence electrons. The van der Waals surface area contributed by atoms with Gasteiger partial charge in [-0.1, -0.05) is 6.07 Å². The standard InChI is InChI=1S/C17H18N2O5S/c1-10(16-19-12(9-25-16)17(21)22)18-15(20)8-11-3-4-13-14(7-11)24-6-2-5-23-13/h3-4,7,9-10H,2,5-6,8H2,1H3,(H,18,20)(H,21,22). The number of nitrogens with zero attached hydrogens (tertiary/aromatic N) is 1. The van der Waals surface area contributed by atoms with E-state index in [1.54, 1.807) is 6.92 Å². The van der Waals surface area contributed by atoms with E-state index < -0.39 is 5.97 Å². The SMILES string of the molecule is CC(NC(=O)Cc1ccc2c(c1)OCCCO2)c1nc(C(=O)O)cs1. The summed E-state index contributed by atoms with van der Waals surface area (Å²) in [5, 5.41) is 13.8. The molecule has 7 nitrogen and oxygen atoms in total. The Morgan fingerprint density at radius 2 is 2.08 bits per heavy atom. The molecule has 2 N–H and O–H groups in total. The first kappa shape index (κ1) is 17.2. The summed E-state index contributed by atoms with van der Waals surface area (Å²) in [7, 11) is 0. The first-order valence-corrected chi connectivity index (χ1v) is 8.77. The molecule has 1 aromatic carbocycles. The molecular weight excluding hydrogens is 344 g/mol. The first-order valence-electron chi connectivity index (χ1n) is 7.89. The van der Waals surface area contributed by atoms with Gasteiger partial charge in [-0.2, -0.15) is 0 Å². The van der Waals surface area contributed by atoms with Crippen molar-refractivity contribution in [3.05, 3.63) is 39.8 Å². The fraction of sp³-hybridized carbons (Fsp3) is 0.353. The number of carboxylic acids is 1. The highest BCUT2D eigenvalue weighted by Gasteiger charge is 2.17. The van der Waals surface area contributed by atoms with E-state index in [-0.39, 0.29) is 24.1 Å². The molecule has 2 heterocycles. The van der Waals surface area contributed by atoms with Crippen LogP contribution >= 0.6 is 11.3 Å². The predicted molar refractivity (Wildman–Crippen MR) is 91.4 cm³/mol. The summed E-state index contributed by atoms with van der Waals surface area (Å²) in [5.74, 6) is 0.100. The van der Waals surface area contributed by atoms with E-state index in [1.807, 2.05) is 18.2 Å². The lowest BCUT2D eigenvalue weighted by Crippen LogP contribution is -2.28. The molecule has 3 rings (SSSR count). The van der Waals surface area contributed by atoms with Crippen molar-refractivity contribution in [1.82, 2.24) is 10.3 Å². The lowest BCUT2D eigenvalue weighted by atomic mass is 10.1. The van der Waals surface area contributed by atoms with Crippen LogP contribution in [0.3, 0.4) is 0 Å². The number of nitrogens with one attached hydrogen (secondary N) is 1. The minimum absolute atomic E-state index is 0.0102. The quantitative estimate of drug-likeness (QED) is 0.848. The molecule has 0 fully saturated rings. The molecule has 25 heavy (non-hydrogen) atoms. The fourth-order valence-electron chi connectivity index (χ4n) is 2.44. The Hall–Kier alpha value is -2.61. The summed E-state index contributed by atoms with van der Waals surface area (Å²) in [6.45, 7) is 2.99. The van der Waals surface area contributed by atoms with Gasteiger partial charge in [0, 0.05) is 11.8 Å². The number of fused-ring (bicyclic) bond motifs is 1. The normalized spacial score (nSPS) is 14.4. The molecule has 0 aliphatic carbocycles. The number of thiazole rings is 1. The second kappa shape index (κ2) is 7.52. The van der Waals surface area contributed by atoms with E-state index in [9.17, 15) is 9.59 Å². The monoisotopic (exact) mass is 362 g/mol. The number of benzene rings is 1. The smallest absolute Gasteiger partial charge is 0.355 e. The number of rotatable bonds is 5. The largest absolute Gasteiger partial charge is 0.490 e. The van der Waals surface area contributed by atoms with Gasteiger partial charge in [0.2, 0.25) is 5.91 Å². The number of aromatic nitrogens is 1. The number of ether oxygens (including phenoxy) is 2. The molecule has 2 aromatic rings. The maximum Gasteiger partial charge on any atom is 0.355 e. The molecule has 0 bridgehead atoms. The third kappa shape index (κ3) is 4.27. The highest BCUT2D eigenvalue weighted by Crippen LogP contribution is 2.30. The first-order chi connectivity index (χ1) is 12.0. The number of amides is 1. The van der Waals surface area contributed by atoms with Crippen LogP contribution in [0.5, 0.6) is 11.5 Å².